The van der Waals surface area contributed by atoms with Crippen molar-refractivity contribution in [2.75, 3.05) is 25.2 Å². The first-order valence-corrected chi connectivity index (χ1v) is 7.48. The molecule has 1 aliphatic heterocycles. The molecule has 0 bridgehead atoms. The topological polar surface area (TPSA) is 72.6 Å². The van der Waals surface area contributed by atoms with Crippen molar-refractivity contribution >= 4 is 15.7 Å². The highest BCUT2D eigenvalue weighted by Gasteiger charge is 2.28. The highest BCUT2D eigenvalue weighted by atomic mass is 32.2. The molecule has 5 nitrogen and oxygen atoms in total. The predicted octanol–water partition coefficient (Wildman–Crippen LogP) is 0.951. The molecule has 0 aliphatic carbocycles. The van der Waals surface area contributed by atoms with Crippen LogP contribution >= 0.6 is 0 Å². The maximum atomic E-state index is 12.1. The first-order chi connectivity index (χ1) is 8.53. The second kappa shape index (κ2) is 5.26. The van der Waals surface area contributed by atoms with Gasteiger partial charge in [-0.1, -0.05) is 6.07 Å². The fourth-order valence-corrected chi connectivity index (χ4v) is 3.51. The first kappa shape index (κ1) is 13.3. The maximum Gasteiger partial charge on any atom is 0.214 e. The third-order valence-corrected chi connectivity index (χ3v) is 4.92. The summed E-state index contributed by atoms with van der Waals surface area (Å²) in [6, 6.07) is 5.55. The van der Waals surface area contributed by atoms with Crippen molar-refractivity contribution < 1.29 is 13.2 Å². The van der Waals surface area contributed by atoms with Crippen LogP contribution in [0.5, 0.6) is 0 Å². The zero-order valence-electron chi connectivity index (χ0n) is 10.4. The summed E-state index contributed by atoms with van der Waals surface area (Å²) in [6.07, 6.45) is 0.522. The molecule has 1 aromatic rings. The number of methoxy groups -OCH3 is 1. The first-order valence-electron chi connectivity index (χ1n) is 5.87. The van der Waals surface area contributed by atoms with Crippen LogP contribution in [0.1, 0.15) is 17.5 Å². The minimum Gasteiger partial charge on any atom is -0.399 e. The number of anilines is 1. The van der Waals surface area contributed by atoms with Crippen molar-refractivity contribution in [3.63, 3.8) is 0 Å². The molecule has 0 atom stereocenters. The minimum absolute atomic E-state index is 0.129. The second-order valence-corrected chi connectivity index (χ2v) is 6.55. The Morgan fingerprint density at radius 1 is 1.33 bits per heavy atom. The second-order valence-electron chi connectivity index (χ2n) is 4.46. The summed E-state index contributed by atoms with van der Waals surface area (Å²) in [7, 11) is -1.63. The van der Waals surface area contributed by atoms with Crippen molar-refractivity contribution in [2.24, 2.45) is 0 Å². The van der Waals surface area contributed by atoms with E-state index in [4.69, 9.17) is 10.5 Å². The molecule has 0 fully saturated rings. The van der Waals surface area contributed by atoms with Gasteiger partial charge in [-0.3, -0.25) is 0 Å². The Hall–Kier alpha value is -1.11. The van der Waals surface area contributed by atoms with E-state index in [1.807, 2.05) is 12.1 Å². The van der Waals surface area contributed by atoms with E-state index in [1.165, 1.54) is 4.31 Å². The van der Waals surface area contributed by atoms with Gasteiger partial charge in [0.15, 0.2) is 0 Å². The number of rotatable bonds is 5. The predicted molar refractivity (Wildman–Crippen MR) is 70.4 cm³/mol. The Bertz CT molecular complexity index is 528. The van der Waals surface area contributed by atoms with E-state index in [-0.39, 0.29) is 5.75 Å². The number of hydrogen-bond acceptors (Lipinski definition) is 4. The number of benzene rings is 1. The van der Waals surface area contributed by atoms with Gasteiger partial charge in [-0.05, 0) is 29.7 Å². The van der Waals surface area contributed by atoms with Gasteiger partial charge in [0.1, 0.15) is 0 Å². The van der Waals surface area contributed by atoms with Crippen LogP contribution < -0.4 is 5.73 Å². The van der Waals surface area contributed by atoms with E-state index in [1.54, 1.807) is 13.2 Å². The van der Waals surface area contributed by atoms with Crippen LogP contribution in [-0.2, 0) is 27.8 Å². The fourth-order valence-electron chi connectivity index (χ4n) is 2.09. The van der Waals surface area contributed by atoms with Gasteiger partial charge in [-0.2, -0.15) is 4.31 Å². The van der Waals surface area contributed by atoms with E-state index in [0.29, 0.717) is 31.8 Å². The molecular weight excluding hydrogens is 252 g/mol. The number of ether oxygens (including phenoxy) is 1. The molecule has 0 aromatic heterocycles. The van der Waals surface area contributed by atoms with E-state index in [2.05, 4.69) is 0 Å². The van der Waals surface area contributed by atoms with Crippen molar-refractivity contribution in [1.82, 2.24) is 4.31 Å². The van der Waals surface area contributed by atoms with Crippen molar-refractivity contribution in [3.8, 4) is 0 Å². The Kier molecular flexibility index (Phi) is 3.89. The van der Waals surface area contributed by atoms with Crippen LogP contribution in [0.2, 0.25) is 0 Å². The third-order valence-electron chi connectivity index (χ3n) is 3.07. The molecule has 0 spiro atoms. The molecule has 1 aliphatic rings. The lowest BCUT2D eigenvalue weighted by Gasteiger charge is -2.15. The number of fused-ring (bicyclic) bond motifs is 1. The number of sulfonamides is 1. The summed E-state index contributed by atoms with van der Waals surface area (Å²) < 4.78 is 30.6. The number of hydrogen-bond donors (Lipinski definition) is 1. The van der Waals surface area contributed by atoms with Crippen LogP contribution in [-0.4, -0.2) is 32.2 Å². The van der Waals surface area contributed by atoms with Gasteiger partial charge in [-0.25, -0.2) is 8.42 Å². The smallest absolute Gasteiger partial charge is 0.214 e. The maximum absolute atomic E-state index is 12.1. The minimum atomic E-state index is -3.20. The highest BCUT2D eigenvalue weighted by molar-refractivity contribution is 7.89. The highest BCUT2D eigenvalue weighted by Crippen LogP contribution is 2.27. The SMILES string of the molecule is COCCCS(=O)(=O)N1Cc2ccc(N)cc2C1. The van der Waals surface area contributed by atoms with Crippen LogP contribution in [0.25, 0.3) is 0 Å². The van der Waals surface area contributed by atoms with Gasteiger partial charge < -0.3 is 10.5 Å². The summed E-state index contributed by atoms with van der Waals surface area (Å²) in [4.78, 5) is 0. The number of nitrogens with two attached hydrogens (primary N) is 1. The van der Waals surface area contributed by atoms with Crippen LogP contribution in [0.3, 0.4) is 0 Å². The van der Waals surface area contributed by atoms with Crippen molar-refractivity contribution in [1.29, 1.82) is 0 Å². The Morgan fingerprint density at radius 3 is 2.78 bits per heavy atom. The van der Waals surface area contributed by atoms with Gasteiger partial charge in [0.25, 0.3) is 0 Å². The van der Waals surface area contributed by atoms with E-state index in [0.717, 1.165) is 11.1 Å². The molecule has 0 saturated carbocycles. The molecule has 100 valence electrons. The molecule has 2 rings (SSSR count). The zero-order chi connectivity index (χ0) is 13.2. The lowest BCUT2D eigenvalue weighted by atomic mass is 10.1. The molecule has 18 heavy (non-hydrogen) atoms. The average molecular weight is 270 g/mol. The molecule has 6 heteroatoms. The third kappa shape index (κ3) is 2.82. The van der Waals surface area contributed by atoms with Gasteiger partial charge in [0.2, 0.25) is 10.0 Å². The standard InChI is InChI=1S/C12H18N2O3S/c1-17-5-2-6-18(15,16)14-8-10-3-4-12(13)7-11(10)9-14/h3-4,7H,2,5-6,8-9,13H2,1H3. The normalized spacial score (nSPS) is 15.8. The molecule has 0 unspecified atom stereocenters. The molecule has 1 heterocycles. The Morgan fingerprint density at radius 2 is 2.06 bits per heavy atom. The van der Waals surface area contributed by atoms with Crippen molar-refractivity contribution in [2.45, 2.75) is 19.5 Å². The van der Waals surface area contributed by atoms with E-state index in [9.17, 15) is 8.42 Å². The van der Waals surface area contributed by atoms with Gasteiger partial charge in [0.05, 0.1) is 5.75 Å². The molecular formula is C12H18N2O3S. The van der Waals surface area contributed by atoms with Crippen molar-refractivity contribution in [3.05, 3.63) is 29.3 Å². The summed E-state index contributed by atoms with van der Waals surface area (Å²) in [5.41, 5.74) is 8.42. The number of nitrogens with zero attached hydrogens (tertiary/aromatic N) is 1. The zero-order valence-corrected chi connectivity index (χ0v) is 11.2. The lowest BCUT2D eigenvalue weighted by Crippen LogP contribution is -2.28. The molecule has 2 N–H and O–H groups in total. The van der Waals surface area contributed by atoms with E-state index < -0.39 is 10.0 Å². The van der Waals surface area contributed by atoms with Gasteiger partial charge >= 0.3 is 0 Å². The summed E-state index contributed by atoms with van der Waals surface area (Å²) in [6.45, 7) is 1.34. The summed E-state index contributed by atoms with van der Waals surface area (Å²) >= 11 is 0. The molecule has 0 radical (unpaired) electrons. The van der Waals surface area contributed by atoms with Crippen LogP contribution in [0.15, 0.2) is 18.2 Å². The molecule has 0 amide bonds. The monoisotopic (exact) mass is 270 g/mol. The Balaban J connectivity index is 2.06. The molecule has 1 aromatic carbocycles. The fraction of sp³-hybridized carbons (Fsp3) is 0.500. The molecule has 0 saturated heterocycles. The summed E-state index contributed by atoms with van der Waals surface area (Å²) in [5.74, 6) is 0.129. The van der Waals surface area contributed by atoms with Crippen LogP contribution in [0.4, 0.5) is 5.69 Å². The quantitative estimate of drug-likeness (QED) is 0.638. The summed E-state index contributed by atoms with van der Waals surface area (Å²) in [5, 5.41) is 0. The van der Waals surface area contributed by atoms with Crippen LogP contribution in [0, 0.1) is 0 Å². The average Bonchev–Trinajstić information content (AvgIpc) is 2.72. The van der Waals surface area contributed by atoms with E-state index >= 15 is 0 Å². The lowest BCUT2D eigenvalue weighted by molar-refractivity contribution is 0.199. The van der Waals surface area contributed by atoms with Gasteiger partial charge in [-0.15, -0.1) is 0 Å². The number of nitrogen functional groups attached to an aromatic ring is 1. The Labute approximate surface area is 108 Å². The van der Waals surface area contributed by atoms with Gasteiger partial charge in [0, 0.05) is 32.5 Å². The largest absolute Gasteiger partial charge is 0.399 e.